The van der Waals surface area contributed by atoms with E-state index < -0.39 is 0 Å². The maximum atomic E-state index is 5.99. The third-order valence-electron chi connectivity index (χ3n) is 3.43. The molecular weight excluding hydrogens is 246 g/mol. The van der Waals surface area contributed by atoms with Crippen molar-refractivity contribution in [3.05, 3.63) is 78.4 Å². The van der Waals surface area contributed by atoms with Crippen molar-refractivity contribution in [1.29, 1.82) is 0 Å². The van der Waals surface area contributed by atoms with E-state index in [1.54, 1.807) is 0 Å². The smallest absolute Gasteiger partial charge is 0.130 e. The summed E-state index contributed by atoms with van der Waals surface area (Å²) < 4.78 is 5.99. The zero-order chi connectivity index (χ0) is 13.6. The Balaban J connectivity index is 1.59. The highest BCUT2D eigenvalue weighted by atomic mass is 16.5. The largest absolute Gasteiger partial charge is 0.485 e. The summed E-state index contributed by atoms with van der Waals surface area (Å²) in [5.74, 6) is 0.934. The molecule has 0 N–H and O–H groups in total. The molecule has 3 rings (SSSR count). The van der Waals surface area contributed by atoms with Gasteiger partial charge in [-0.25, -0.2) is 0 Å². The van der Waals surface area contributed by atoms with Crippen LogP contribution in [0.2, 0.25) is 0 Å². The lowest BCUT2D eigenvalue weighted by Crippen LogP contribution is -2.37. The Morgan fingerprint density at radius 1 is 0.950 bits per heavy atom. The summed E-state index contributed by atoms with van der Waals surface area (Å²) in [5, 5.41) is 0. The van der Waals surface area contributed by atoms with E-state index in [-0.39, 0.29) is 6.10 Å². The normalized spacial score (nSPS) is 18.9. The molecule has 1 unspecified atom stereocenters. The second-order valence-electron chi connectivity index (χ2n) is 5.08. The highest BCUT2D eigenvalue weighted by Crippen LogP contribution is 2.15. The first-order chi connectivity index (χ1) is 9.90. The first-order valence-corrected chi connectivity index (χ1v) is 7.05. The lowest BCUT2D eigenvalue weighted by Gasteiger charge is -2.29. The molecule has 1 atom stereocenters. The van der Waals surface area contributed by atoms with E-state index in [0.29, 0.717) is 0 Å². The summed E-state index contributed by atoms with van der Waals surface area (Å²) in [7, 11) is 0. The van der Waals surface area contributed by atoms with Crippen LogP contribution in [0.3, 0.4) is 0 Å². The van der Waals surface area contributed by atoms with E-state index >= 15 is 0 Å². The molecule has 0 spiro atoms. The molecule has 0 radical (unpaired) electrons. The lowest BCUT2D eigenvalue weighted by molar-refractivity contribution is 0.158. The lowest BCUT2D eigenvalue weighted by atomic mass is 10.1. The third-order valence-corrected chi connectivity index (χ3v) is 3.43. The van der Waals surface area contributed by atoms with Crippen LogP contribution in [0.25, 0.3) is 0 Å². The molecule has 0 fully saturated rings. The maximum absolute atomic E-state index is 5.99. The van der Waals surface area contributed by atoms with Gasteiger partial charge >= 0.3 is 0 Å². The molecule has 2 aromatic carbocycles. The molecule has 20 heavy (non-hydrogen) atoms. The van der Waals surface area contributed by atoms with Crippen molar-refractivity contribution in [2.75, 3.05) is 13.1 Å². The molecule has 1 aliphatic heterocycles. The Bertz CT molecular complexity index is 550. The van der Waals surface area contributed by atoms with Crippen molar-refractivity contribution >= 4 is 0 Å². The second kappa shape index (κ2) is 6.40. The van der Waals surface area contributed by atoms with Crippen LogP contribution < -0.4 is 4.74 Å². The van der Waals surface area contributed by atoms with Gasteiger partial charge in [0.15, 0.2) is 0 Å². The fraction of sp³-hybridized carbons (Fsp3) is 0.222. The van der Waals surface area contributed by atoms with E-state index in [0.717, 1.165) is 25.4 Å². The van der Waals surface area contributed by atoms with Crippen LogP contribution in [-0.4, -0.2) is 24.1 Å². The number of ether oxygens (including phenoxy) is 1. The highest BCUT2D eigenvalue weighted by Gasteiger charge is 2.16. The number of nitrogens with zero attached hydrogens (tertiary/aromatic N) is 1. The SMILES string of the molecule is C1=CC(Oc2ccccc2)CN(Cc2ccccc2)C1. The zero-order valence-corrected chi connectivity index (χ0v) is 11.5. The van der Waals surface area contributed by atoms with Gasteiger partial charge in [-0.1, -0.05) is 54.6 Å². The summed E-state index contributed by atoms with van der Waals surface area (Å²) in [6.07, 6.45) is 4.49. The molecule has 0 saturated carbocycles. The van der Waals surface area contributed by atoms with Crippen LogP contribution >= 0.6 is 0 Å². The average molecular weight is 265 g/mol. The minimum Gasteiger partial charge on any atom is -0.485 e. The average Bonchev–Trinajstić information content (AvgIpc) is 2.50. The van der Waals surface area contributed by atoms with Crippen LogP contribution in [0, 0.1) is 0 Å². The van der Waals surface area contributed by atoms with E-state index in [1.807, 2.05) is 30.3 Å². The Labute approximate surface area is 120 Å². The van der Waals surface area contributed by atoms with Crippen molar-refractivity contribution in [3.63, 3.8) is 0 Å². The monoisotopic (exact) mass is 265 g/mol. The van der Waals surface area contributed by atoms with Gasteiger partial charge in [-0.3, -0.25) is 4.90 Å². The van der Waals surface area contributed by atoms with Gasteiger partial charge < -0.3 is 4.74 Å². The molecular formula is C18H19NO. The number of para-hydroxylation sites is 1. The van der Waals surface area contributed by atoms with Crippen molar-refractivity contribution in [2.45, 2.75) is 12.6 Å². The van der Waals surface area contributed by atoms with Crippen LogP contribution in [0.4, 0.5) is 0 Å². The summed E-state index contributed by atoms with van der Waals surface area (Å²) in [4.78, 5) is 2.41. The molecule has 0 saturated heterocycles. The van der Waals surface area contributed by atoms with Gasteiger partial charge in [0.1, 0.15) is 11.9 Å². The van der Waals surface area contributed by atoms with Crippen LogP contribution in [0.1, 0.15) is 5.56 Å². The molecule has 1 heterocycles. The Kier molecular flexibility index (Phi) is 4.14. The van der Waals surface area contributed by atoms with Gasteiger partial charge in [0.05, 0.1) is 0 Å². The highest BCUT2D eigenvalue weighted by molar-refractivity contribution is 5.22. The molecule has 0 amide bonds. The molecule has 0 bridgehead atoms. The fourth-order valence-corrected chi connectivity index (χ4v) is 2.47. The van der Waals surface area contributed by atoms with Gasteiger partial charge in [0.2, 0.25) is 0 Å². The second-order valence-corrected chi connectivity index (χ2v) is 5.08. The zero-order valence-electron chi connectivity index (χ0n) is 11.5. The van der Waals surface area contributed by atoms with E-state index in [2.05, 4.69) is 47.4 Å². The first kappa shape index (κ1) is 12.9. The number of rotatable bonds is 4. The molecule has 2 aromatic rings. The fourth-order valence-electron chi connectivity index (χ4n) is 2.47. The minimum absolute atomic E-state index is 0.134. The summed E-state index contributed by atoms with van der Waals surface area (Å²) in [5.41, 5.74) is 1.35. The van der Waals surface area contributed by atoms with Crippen molar-refractivity contribution in [2.24, 2.45) is 0 Å². The Morgan fingerprint density at radius 3 is 2.40 bits per heavy atom. The summed E-state index contributed by atoms with van der Waals surface area (Å²) in [6.45, 7) is 2.89. The number of benzene rings is 2. The summed E-state index contributed by atoms with van der Waals surface area (Å²) in [6, 6.07) is 20.6. The van der Waals surface area contributed by atoms with Gasteiger partial charge in [0, 0.05) is 19.6 Å². The summed E-state index contributed by atoms with van der Waals surface area (Å²) >= 11 is 0. The topological polar surface area (TPSA) is 12.5 Å². The van der Waals surface area contributed by atoms with E-state index in [4.69, 9.17) is 4.74 Å². The van der Waals surface area contributed by atoms with Gasteiger partial charge in [-0.2, -0.15) is 0 Å². The van der Waals surface area contributed by atoms with E-state index in [9.17, 15) is 0 Å². The molecule has 2 nitrogen and oxygen atoms in total. The van der Waals surface area contributed by atoms with Gasteiger partial charge in [-0.15, -0.1) is 0 Å². The molecule has 1 aliphatic rings. The quantitative estimate of drug-likeness (QED) is 0.784. The van der Waals surface area contributed by atoms with Crippen LogP contribution in [0.15, 0.2) is 72.8 Å². The van der Waals surface area contributed by atoms with Crippen molar-refractivity contribution < 1.29 is 4.74 Å². The van der Waals surface area contributed by atoms with Gasteiger partial charge in [0.25, 0.3) is 0 Å². The van der Waals surface area contributed by atoms with Crippen LogP contribution in [0.5, 0.6) is 5.75 Å². The maximum Gasteiger partial charge on any atom is 0.130 e. The minimum atomic E-state index is 0.134. The molecule has 102 valence electrons. The first-order valence-electron chi connectivity index (χ1n) is 7.05. The van der Waals surface area contributed by atoms with E-state index in [1.165, 1.54) is 5.56 Å². The van der Waals surface area contributed by atoms with Crippen molar-refractivity contribution in [3.8, 4) is 5.75 Å². The molecule has 0 aliphatic carbocycles. The predicted molar refractivity (Wildman–Crippen MR) is 81.7 cm³/mol. The van der Waals surface area contributed by atoms with Gasteiger partial charge in [-0.05, 0) is 23.8 Å². The number of hydrogen-bond acceptors (Lipinski definition) is 2. The van der Waals surface area contributed by atoms with Crippen LogP contribution in [-0.2, 0) is 6.54 Å². The third kappa shape index (κ3) is 3.49. The predicted octanol–water partition coefficient (Wildman–Crippen LogP) is 3.51. The standard InChI is InChI=1S/C18H19NO/c1-3-8-16(9-4-1)14-19-13-7-12-18(15-19)20-17-10-5-2-6-11-17/h1-12,18H,13-15H2. The molecule has 0 aromatic heterocycles. The number of hydrogen-bond donors (Lipinski definition) is 0. The molecule has 2 heteroatoms. The van der Waals surface area contributed by atoms with Crippen molar-refractivity contribution in [1.82, 2.24) is 4.90 Å². The Hall–Kier alpha value is -2.06. The Morgan fingerprint density at radius 2 is 1.65 bits per heavy atom.